The Hall–Kier alpha value is -1.24. The minimum atomic E-state index is 0.464. The first-order valence-corrected chi connectivity index (χ1v) is 6.59. The van der Waals surface area contributed by atoms with Crippen molar-refractivity contribution in [3.8, 4) is 5.88 Å². The molecule has 0 saturated heterocycles. The highest BCUT2D eigenvalue weighted by Gasteiger charge is 1.98. The molecule has 0 amide bonds. The molecule has 0 aliphatic carbocycles. The Balaban J connectivity index is 2.13. The highest BCUT2D eigenvalue weighted by Crippen LogP contribution is 2.04. The monoisotopic (exact) mass is 269 g/mol. The van der Waals surface area contributed by atoms with Gasteiger partial charge in [-0.1, -0.05) is 6.92 Å². The quantitative estimate of drug-likeness (QED) is 0.605. The summed E-state index contributed by atoms with van der Waals surface area (Å²) in [5.41, 5.74) is 0.914. The molecule has 0 radical (unpaired) electrons. The van der Waals surface area contributed by atoms with E-state index in [4.69, 9.17) is 14.2 Å². The molecule has 0 aliphatic heterocycles. The summed E-state index contributed by atoms with van der Waals surface area (Å²) < 4.78 is 15.5. The third-order valence-electron chi connectivity index (χ3n) is 2.34. The Morgan fingerprint density at radius 3 is 2.63 bits per heavy atom. The summed E-state index contributed by atoms with van der Waals surface area (Å²) in [6.07, 6.45) is 1.11. The summed E-state index contributed by atoms with van der Waals surface area (Å²) >= 11 is 0. The molecule has 0 bridgehead atoms. The number of nitrogens with one attached hydrogen (secondary N) is 1. The van der Waals surface area contributed by atoms with Crippen molar-refractivity contribution in [3.05, 3.63) is 17.8 Å². The Morgan fingerprint density at radius 1 is 1.11 bits per heavy atom. The molecule has 108 valence electrons. The highest BCUT2D eigenvalue weighted by molar-refractivity contribution is 5.11. The summed E-state index contributed by atoms with van der Waals surface area (Å²) in [6, 6.07) is 3.74. The van der Waals surface area contributed by atoms with E-state index in [1.54, 1.807) is 7.11 Å². The summed E-state index contributed by atoms with van der Waals surface area (Å²) in [4.78, 5) is 0. The largest absolute Gasteiger partial charge is 0.474 e. The highest BCUT2D eigenvalue weighted by atomic mass is 16.5. The lowest BCUT2D eigenvalue weighted by molar-refractivity contribution is 0.0535. The average Bonchev–Trinajstić information content (AvgIpc) is 2.44. The van der Waals surface area contributed by atoms with Crippen LogP contribution >= 0.6 is 0 Å². The van der Waals surface area contributed by atoms with Crippen molar-refractivity contribution >= 4 is 0 Å². The van der Waals surface area contributed by atoms with Gasteiger partial charge in [-0.3, -0.25) is 0 Å². The van der Waals surface area contributed by atoms with Gasteiger partial charge < -0.3 is 19.5 Å². The van der Waals surface area contributed by atoms with Crippen LogP contribution in [0.2, 0.25) is 0 Å². The van der Waals surface area contributed by atoms with E-state index in [2.05, 4.69) is 22.4 Å². The van der Waals surface area contributed by atoms with Gasteiger partial charge in [-0.2, -0.15) is 5.10 Å². The van der Waals surface area contributed by atoms with Crippen molar-refractivity contribution in [1.82, 2.24) is 15.5 Å². The van der Waals surface area contributed by atoms with Crippen molar-refractivity contribution in [2.75, 3.05) is 40.1 Å². The fourth-order valence-corrected chi connectivity index (χ4v) is 1.36. The minimum absolute atomic E-state index is 0.464. The zero-order chi connectivity index (χ0) is 13.8. The molecule has 0 aromatic carbocycles. The number of ether oxygens (including phenoxy) is 3. The van der Waals surface area contributed by atoms with E-state index in [-0.39, 0.29) is 0 Å². The first-order valence-electron chi connectivity index (χ1n) is 6.59. The van der Waals surface area contributed by atoms with E-state index < -0.39 is 0 Å². The SMILES string of the molecule is CCCNCc1ccc(OCCOCCOC)nn1. The third-order valence-corrected chi connectivity index (χ3v) is 2.34. The van der Waals surface area contributed by atoms with Gasteiger partial charge in [0.2, 0.25) is 5.88 Å². The zero-order valence-electron chi connectivity index (χ0n) is 11.7. The van der Waals surface area contributed by atoms with Crippen LogP contribution in [0.3, 0.4) is 0 Å². The molecule has 0 fully saturated rings. The molecule has 1 rings (SSSR count). The van der Waals surface area contributed by atoms with Crippen LogP contribution < -0.4 is 10.1 Å². The van der Waals surface area contributed by atoms with E-state index in [9.17, 15) is 0 Å². The topological polar surface area (TPSA) is 65.5 Å². The molecule has 0 atom stereocenters. The van der Waals surface area contributed by atoms with Crippen molar-refractivity contribution < 1.29 is 14.2 Å². The first kappa shape index (κ1) is 15.8. The molecule has 1 aromatic heterocycles. The minimum Gasteiger partial charge on any atom is -0.474 e. The molecule has 0 spiro atoms. The Kier molecular flexibility index (Phi) is 8.87. The number of hydrogen-bond donors (Lipinski definition) is 1. The maximum absolute atomic E-state index is 5.41. The van der Waals surface area contributed by atoms with Gasteiger partial charge in [0, 0.05) is 19.7 Å². The van der Waals surface area contributed by atoms with Crippen molar-refractivity contribution in [1.29, 1.82) is 0 Å². The molecule has 1 N–H and O–H groups in total. The molecular weight excluding hydrogens is 246 g/mol. The van der Waals surface area contributed by atoms with Gasteiger partial charge in [0.15, 0.2) is 0 Å². The van der Waals surface area contributed by atoms with Crippen LogP contribution in [0, 0.1) is 0 Å². The predicted octanol–water partition coefficient (Wildman–Crippen LogP) is 1.02. The first-order chi connectivity index (χ1) is 9.36. The molecule has 6 heteroatoms. The van der Waals surface area contributed by atoms with E-state index in [1.165, 1.54) is 0 Å². The van der Waals surface area contributed by atoms with Crippen molar-refractivity contribution in [2.24, 2.45) is 0 Å². The maximum Gasteiger partial charge on any atom is 0.233 e. The van der Waals surface area contributed by atoms with Gasteiger partial charge in [0.05, 0.1) is 25.5 Å². The lowest BCUT2D eigenvalue weighted by Crippen LogP contribution is -2.15. The van der Waals surface area contributed by atoms with Crippen LogP contribution in [0.15, 0.2) is 12.1 Å². The summed E-state index contributed by atoms with van der Waals surface area (Å²) in [6.45, 7) is 6.01. The Labute approximate surface area is 114 Å². The van der Waals surface area contributed by atoms with Gasteiger partial charge in [0.25, 0.3) is 0 Å². The van der Waals surface area contributed by atoms with Crippen molar-refractivity contribution in [2.45, 2.75) is 19.9 Å². The number of hydrogen-bond acceptors (Lipinski definition) is 6. The van der Waals surface area contributed by atoms with Gasteiger partial charge in [-0.05, 0) is 19.0 Å². The maximum atomic E-state index is 5.41. The molecule has 1 heterocycles. The lowest BCUT2D eigenvalue weighted by Gasteiger charge is -2.06. The van der Waals surface area contributed by atoms with Crippen LogP contribution in [0.4, 0.5) is 0 Å². The van der Waals surface area contributed by atoms with Crippen LogP contribution in [0.25, 0.3) is 0 Å². The smallest absolute Gasteiger partial charge is 0.233 e. The summed E-state index contributed by atoms with van der Waals surface area (Å²) in [5.74, 6) is 0.523. The molecule has 19 heavy (non-hydrogen) atoms. The van der Waals surface area contributed by atoms with E-state index in [0.29, 0.717) is 32.3 Å². The van der Waals surface area contributed by atoms with Gasteiger partial charge >= 0.3 is 0 Å². The lowest BCUT2D eigenvalue weighted by atomic mass is 10.3. The van der Waals surface area contributed by atoms with Crippen LogP contribution in [-0.2, 0) is 16.0 Å². The molecule has 0 aliphatic rings. The summed E-state index contributed by atoms with van der Waals surface area (Å²) in [5, 5.41) is 11.3. The Bertz CT molecular complexity index is 319. The van der Waals surface area contributed by atoms with Gasteiger partial charge in [-0.15, -0.1) is 5.10 Å². The molecule has 6 nitrogen and oxygen atoms in total. The fraction of sp³-hybridized carbons (Fsp3) is 0.692. The van der Waals surface area contributed by atoms with E-state index >= 15 is 0 Å². The predicted molar refractivity (Wildman–Crippen MR) is 72.2 cm³/mol. The van der Waals surface area contributed by atoms with Gasteiger partial charge in [0.1, 0.15) is 6.61 Å². The normalized spacial score (nSPS) is 10.6. The number of nitrogens with zero attached hydrogens (tertiary/aromatic N) is 2. The fourth-order valence-electron chi connectivity index (χ4n) is 1.36. The molecule has 0 saturated carbocycles. The second kappa shape index (κ2) is 10.7. The van der Waals surface area contributed by atoms with Crippen LogP contribution in [-0.4, -0.2) is 50.3 Å². The number of aromatic nitrogens is 2. The van der Waals surface area contributed by atoms with Crippen LogP contribution in [0.1, 0.15) is 19.0 Å². The number of methoxy groups -OCH3 is 1. The summed E-state index contributed by atoms with van der Waals surface area (Å²) in [7, 11) is 1.65. The number of rotatable bonds is 11. The molecular formula is C13H23N3O3. The van der Waals surface area contributed by atoms with Crippen molar-refractivity contribution in [3.63, 3.8) is 0 Å². The average molecular weight is 269 g/mol. The Morgan fingerprint density at radius 2 is 1.95 bits per heavy atom. The second-order valence-electron chi connectivity index (χ2n) is 3.99. The molecule has 0 unspecified atom stereocenters. The van der Waals surface area contributed by atoms with Gasteiger partial charge in [-0.25, -0.2) is 0 Å². The van der Waals surface area contributed by atoms with E-state index in [0.717, 1.165) is 25.2 Å². The van der Waals surface area contributed by atoms with E-state index in [1.807, 2.05) is 12.1 Å². The second-order valence-corrected chi connectivity index (χ2v) is 3.99. The van der Waals surface area contributed by atoms with Crippen LogP contribution in [0.5, 0.6) is 5.88 Å². The standard InChI is InChI=1S/C13H23N3O3/c1-3-6-14-11-12-4-5-13(16-15-12)19-10-9-18-8-7-17-2/h4-5,14H,3,6-11H2,1-2H3. The zero-order valence-corrected chi connectivity index (χ0v) is 11.7. The third kappa shape index (κ3) is 7.71. The molecule has 1 aromatic rings.